The number of anilines is 1. The Morgan fingerprint density at radius 2 is 1.87 bits per heavy atom. The Balaban J connectivity index is 1.67. The zero-order chi connectivity index (χ0) is 22.4. The summed E-state index contributed by atoms with van der Waals surface area (Å²) in [4.78, 5) is 14.5. The summed E-state index contributed by atoms with van der Waals surface area (Å²) in [5, 5.41) is 12.1. The van der Waals surface area contributed by atoms with Gasteiger partial charge in [0.2, 0.25) is 5.91 Å². The van der Waals surface area contributed by atoms with Gasteiger partial charge in [0.05, 0.1) is 44.0 Å². The third-order valence-corrected chi connectivity index (χ3v) is 5.38. The van der Waals surface area contributed by atoms with Crippen LogP contribution >= 0.6 is 11.6 Å². The molecule has 0 spiro atoms. The minimum Gasteiger partial charge on any atom is -0.496 e. The van der Waals surface area contributed by atoms with E-state index >= 15 is 0 Å². The van der Waals surface area contributed by atoms with Crippen molar-refractivity contribution in [1.29, 1.82) is 5.26 Å². The summed E-state index contributed by atoms with van der Waals surface area (Å²) >= 11 is 6.03. The highest BCUT2D eigenvalue weighted by Crippen LogP contribution is 2.40. The molecule has 1 N–H and O–H groups in total. The zero-order valence-electron chi connectivity index (χ0n) is 17.7. The second-order valence-electron chi connectivity index (χ2n) is 6.98. The Hall–Kier alpha value is -3.21. The van der Waals surface area contributed by atoms with Crippen molar-refractivity contribution in [3.63, 3.8) is 0 Å². The van der Waals surface area contributed by atoms with E-state index in [2.05, 4.69) is 11.4 Å². The average molecular weight is 442 g/mol. The number of carbonyl (C=O) groups excluding carboxylic acids is 1. The Morgan fingerprint density at radius 1 is 1.16 bits per heavy atom. The van der Waals surface area contributed by atoms with Crippen molar-refractivity contribution in [2.75, 3.05) is 46.3 Å². The lowest BCUT2D eigenvalue weighted by molar-refractivity contribution is -0.117. The maximum atomic E-state index is 12.4. The number of hydrogen-bond donors (Lipinski definition) is 1. The van der Waals surface area contributed by atoms with E-state index in [9.17, 15) is 4.79 Å². The van der Waals surface area contributed by atoms with Crippen molar-refractivity contribution >= 4 is 28.8 Å². The Kier molecular flexibility index (Phi) is 7.40. The highest BCUT2D eigenvalue weighted by atomic mass is 35.5. The lowest BCUT2D eigenvalue weighted by atomic mass is 9.97. The molecule has 0 unspecified atom stereocenters. The molecule has 0 aromatic heterocycles. The van der Waals surface area contributed by atoms with Crippen LogP contribution in [0, 0.1) is 11.3 Å². The fourth-order valence-electron chi connectivity index (χ4n) is 3.49. The number of hydrogen-bond acceptors (Lipinski definition) is 6. The average Bonchev–Trinajstić information content (AvgIpc) is 2.78. The van der Waals surface area contributed by atoms with Gasteiger partial charge in [-0.15, -0.1) is 0 Å². The first-order valence-corrected chi connectivity index (χ1v) is 10.1. The van der Waals surface area contributed by atoms with Crippen LogP contribution in [0.2, 0.25) is 5.02 Å². The molecule has 2 aromatic rings. The molecule has 3 rings (SSSR count). The molecule has 0 fully saturated rings. The van der Waals surface area contributed by atoms with E-state index in [0.29, 0.717) is 46.6 Å². The Labute approximate surface area is 186 Å². The standard InChI is InChI=1S/C23H24ClN3O4/c1-29-18-11-20(30-2)23(21(12-18)31-3)15-6-8-27(9-7-15)14-22(28)26-17-5-4-16(13-25)19(24)10-17/h4-6,10-12H,7-9,14H2,1-3H3,(H,26,28). The van der Waals surface area contributed by atoms with Gasteiger partial charge in [0.15, 0.2) is 0 Å². The molecule has 0 saturated carbocycles. The van der Waals surface area contributed by atoms with Gasteiger partial charge < -0.3 is 19.5 Å². The van der Waals surface area contributed by atoms with Crippen LogP contribution in [0.4, 0.5) is 5.69 Å². The highest BCUT2D eigenvalue weighted by molar-refractivity contribution is 6.32. The van der Waals surface area contributed by atoms with Gasteiger partial charge in [0.25, 0.3) is 0 Å². The fraction of sp³-hybridized carbons (Fsp3) is 0.304. The van der Waals surface area contributed by atoms with Crippen LogP contribution in [0.3, 0.4) is 0 Å². The lowest BCUT2D eigenvalue weighted by Crippen LogP contribution is -2.36. The van der Waals surface area contributed by atoms with Crippen molar-refractivity contribution in [3.8, 4) is 23.3 Å². The van der Waals surface area contributed by atoms with E-state index < -0.39 is 0 Å². The van der Waals surface area contributed by atoms with Crippen molar-refractivity contribution in [2.45, 2.75) is 6.42 Å². The summed E-state index contributed by atoms with van der Waals surface area (Å²) in [5.41, 5.74) is 2.95. The molecule has 1 heterocycles. The summed E-state index contributed by atoms with van der Waals surface area (Å²) in [6.45, 7) is 1.58. The van der Waals surface area contributed by atoms with Crippen LogP contribution in [-0.4, -0.2) is 51.8 Å². The maximum Gasteiger partial charge on any atom is 0.238 e. The van der Waals surface area contributed by atoms with Gasteiger partial charge in [0.1, 0.15) is 23.3 Å². The number of nitriles is 1. The normalized spacial score (nSPS) is 13.7. The molecule has 0 atom stereocenters. The van der Waals surface area contributed by atoms with Crippen molar-refractivity contribution in [2.24, 2.45) is 0 Å². The molecule has 7 nitrogen and oxygen atoms in total. The molecule has 31 heavy (non-hydrogen) atoms. The van der Waals surface area contributed by atoms with Crippen LogP contribution in [0.25, 0.3) is 5.57 Å². The van der Waals surface area contributed by atoms with Gasteiger partial charge in [-0.3, -0.25) is 9.69 Å². The molecular weight excluding hydrogens is 418 g/mol. The number of nitrogens with one attached hydrogen (secondary N) is 1. The molecule has 2 aromatic carbocycles. The minimum atomic E-state index is -0.141. The molecule has 1 aliphatic heterocycles. The number of amides is 1. The van der Waals surface area contributed by atoms with Gasteiger partial charge >= 0.3 is 0 Å². The number of rotatable bonds is 7. The molecule has 162 valence electrons. The Morgan fingerprint density at radius 3 is 2.39 bits per heavy atom. The second kappa shape index (κ2) is 10.2. The monoisotopic (exact) mass is 441 g/mol. The van der Waals surface area contributed by atoms with Crippen LogP contribution in [0.5, 0.6) is 17.2 Å². The van der Waals surface area contributed by atoms with Crippen molar-refractivity contribution in [1.82, 2.24) is 4.90 Å². The fourth-order valence-corrected chi connectivity index (χ4v) is 3.71. The van der Waals surface area contributed by atoms with Gasteiger partial charge in [0, 0.05) is 30.9 Å². The maximum absolute atomic E-state index is 12.4. The van der Waals surface area contributed by atoms with Crippen molar-refractivity contribution < 1.29 is 19.0 Å². The smallest absolute Gasteiger partial charge is 0.238 e. The number of halogens is 1. The highest BCUT2D eigenvalue weighted by Gasteiger charge is 2.22. The zero-order valence-corrected chi connectivity index (χ0v) is 18.5. The Bertz CT molecular complexity index is 1020. The predicted molar refractivity (Wildman–Crippen MR) is 120 cm³/mol. The summed E-state index contributed by atoms with van der Waals surface area (Å²) < 4.78 is 16.4. The van der Waals surface area contributed by atoms with E-state index in [-0.39, 0.29) is 12.5 Å². The minimum absolute atomic E-state index is 0.141. The molecule has 8 heteroatoms. The number of methoxy groups -OCH3 is 3. The van der Waals surface area contributed by atoms with Crippen molar-refractivity contribution in [3.05, 3.63) is 52.6 Å². The molecule has 0 radical (unpaired) electrons. The SMILES string of the molecule is COc1cc(OC)c(C2=CCN(CC(=O)Nc3ccc(C#N)c(Cl)c3)CC2)c(OC)c1. The quantitative estimate of drug-likeness (QED) is 0.700. The van der Waals surface area contributed by atoms with E-state index in [1.807, 2.05) is 23.1 Å². The topological polar surface area (TPSA) is 83.8 Å². The first-order chi connectivity index (χ1) is 15.0. The summed E-state index contributed by atoms with van der Waals surface area (Å²) in [6, 6.07) is 10.5. The van der Waals surface area contributed by atoms with Gasteiger partial charge in [-0.2, -0.15) is 5.26 Å². The first-order valence-electron chi connectivity index (χ1n) is 9.70. The largest absolute Gasteiger partial charge is 0.496 e. The first kappa shape index (κ1) is 22.5. The summed E-state index contributed by atoms with van der Waals surface area (Å²) in [6.07, 6.45) is 2.83. The van der Waals surface area contributed by atoms with E-state index in [1.165, 1.54) is 0 Å². The molecule has 0 saturated heterocycles. The summed E-state index contributed by atoms with van der Waals surface area (Å²) in [7, 11) is 4.84. The molecular formula is C23H24ClN3O4. The number of benzene rings is 2. The third-order valence-electron chi connectivity index (χ3n) is 5.07. The molecule has 1 aliphatic rings. The molecule has 0 bridgehead atoms. The van der Waals surface area contributed by atoms with Gasteiger partial charge in [-0.1, -0.05) is 17.7 Å². The third kappa shape index (κ3) is 5.29. The van der Waals surface area contributed by atoms with E-state index in [4.69, 9.17) is 31.1 Å². The van der Waals surface area contributed by atoms with Gasteiger partial charge in [-0.25, -0.2) is 0 Å². The predicted octanol–water partition coefficient (Wildman–Crippen LogP) is 3.97. The van der Waals surface area contributed by atoms with E-state index in [1.54, 1.807) is 39.5 Å². The van der Waals surface area contributed by atoms with Crippen LogP contribution in [0.15, 0.2) is 36.4 Å². The van der Waals surface area contributed by atoms with Crippen LogP contribution < -0.4 is 19.5 Å². The number of nitrogens with zero attached hydrogens (tertiary/aromatic N) is 2. The van der Waals surface area contributed by atoms with E-state index in [0.717, 1.165) is 17.6 Å². The van der Waals surface area contributed by atoms with Crippen LogP contribution in [0.1, 0.15) is 17.5 Å². The second-order valence-corrected chi connectivity index (χ2v) is 7.38. The number of ether oxygens (including phenoxy) is 3. The summed E-state index contributed by atoms with van der Waals surface area (Å²) in [5.74, 6) is 1.89. The van der Waals surface area contributed by atoms with Crippen LogP contribution in [-0.2, 0) is 4.79 Å². The lowest BCUT2D eigenvalue weighted by Gasteiger charge is -2.27. The molecule has 0 aliphatic carbocycles. The van der Waals surface area contributed by atoms with Gasteiger partial charge in [-0.05, 0) is 30.2 Å². The number of carbonyl (C=O) groups is 1. The molecule has 1 amide bonds.